The van der Waals surface area contributed by atoms with E-state index in [0.29, 0.717) is 11.6 Å². The smallest absolute Gasteiger partial charge is 0.150 e. The molecule has 0 aliphatic carbocycles. The molecule has 0 bridgehead atoms. The SMILES string of the molecule is C/C(=N\Nc1cc(-c2ccccc2OC(C)C)nc(C)n1)c1ccc(N(C)C)cc1. The molecule has 2 aromatic carbocycles. The lowest BCUT2D eigenvalue weighted by molar-refractivity contribution is 0.243. The highest BCUT2D eigenvalue weighted by molar-refractivity contribution is 5.99. The van der Waals surface area contributed by atoms with E-state index in [1.165, 1.54) is 0 Å². The molecule has 6 heteroatoms. The number of aryl methyl sites for hydroxylation is 1. The van der Waals surface area contributed by atoms with E-state index in [4.69, 9.17) is 4.74 Å². The number of rotatable bonds is 7. The second-order valence-electron chi connectivity index (χ2n) is 7.60. The van der Waals surface area contributed by atoms with E-state index >= 15 is 0 Å². The number of hydrazone groups is 1. The summed E-state index contributed by atoms with van der Waals surface area (Å²) in [6, 6.07) is 18.1. The highest BCUT2D eigenvalue weighted by Crippen LogP contribution is 2.30. The van der Waals surface area contributed by atoms with Crippen molar-refractivity contribution in [3.8, 4) is 17.0 Å². The Bertz CT molecular complexity index is 1030. The van der Waals surface area contributed by atoms with Gasteiger partial charge in [0, 0.05) is 31.4 Å². The number of para-hydroxylation sites is 1. The Morgan fingerprint density at radius 1 is 1.03 bits per heavy atom. The van der Waals surface area contributed by atoms with Crippen LogP contribution in [0.5, 0.6) is 5.75 Å². The Morgan fingerprint density at radius 3 is 2.40 bits per heavy atom. The Labute approximate surface area is 178 Å². The molecule has 0 saturated heterocycles. The summed E-state index contributed by atoms with van der Waals surface area (Å²) in [5.74, 6) is 2.11. The first-order valence-electron chi connectivity index (χ1n) is 10.0. The van der Waals surface area contributed by atoms with Gasteiger partial charge in [-0.2, -0.15) is 5.10 Å². The number of nitrogens with one attached hydrogen (secondary N) is 1. The molecule has 0 unspecified atom stereocenters. The van der Waals surface area contributed by atoms with Crippen LogP contribution in [-0.4, -0.2) is 35.9 Å². The van der Waals surface area contributed by atoms with Gasteiger partial charge in [-0.15, -0.1) is 0 Å². The zero-order valence-electron chi connectivity index (χ0n) is 18.5. The van der Waals surface area contributed by atoms with Gasteiger partial charge in [0.05, 0.1) is 17.5 Å². The van der Waals surface area contributed by atoms with Gasteiger partial charge < -0.3 is 9.64 Å². The van der Waals surface area contributed by atoms with Gasteiger partial charge in [0.1, 0.15) is 11.6 Å². The van der Waals surface area contributed by atoms with E-state index in [2.05, 4.69) is 49.7 Å². The number of benzene rings is 2. The summed E-state index contributed by atoms with van der Waals surface area (Å²) in [5, 5.41) is 4.52. The van der Waals surface area contributed by atoms with E-state index in [1.54, 1.807) is 0 Å². The predicted octanol–water partition coefficient (Wildman–Crippen LogP) is 5.14. The third kappa shape index (κ3) is 5.35. The van der Waals surface area contributed by atoms with Crippen LogP contribution in [0.25, 0.3) is 11.3 Å². The van der Waals surface area contributed by atoms with E-state index in [0.717, 1.165) is 34.0 Å². The van der Waals surface area contributed by atoms with E-state index < -0.39 is 0 Å². The molecule has 1 N–H and O–H groups in total. The maximum absolute atomic E-state index is 5.95. The van der Waals surface area contributed by atoms with Gasteiger partial charge in [0.2, 0.25) is 0 Å². The zero-order chi connectivity index (χ0) is 21.7. The Hall–Kier alpha value is -3.41. The maximum Gasteiger partial charge on any atom is 0.150 e. The number of aromatic nitrogens is 2. The highest BCUT2D eigenvalue weighted by Gasteiger charge is 2.11. The third-order valence-electron chi connectivity index (χ3n) is 4.50. The Morgan fingerprint density at radius 2 is 1.73 bits per heavy atom. The minimum absolute atomic E-state index is 0.0813. The third-order valence-corrected chi connectivity index (χ3v) is 4.50. The minimum Gasteiger partial charge on any atom is -0.490 e. The summed E-state index contributed by atoms with van der Waals surface area (Å²) in [5.41, 5.74) is 7.88. The average molecular weight is 404 g/mol. The molecule has 6 nitrogen and oxygen atoms in total. The van der Waals surface area contributed by atoms with Gasteiger partial charge in [-0.3, -0.25) is 5.43 Å². The fourth-order valence-electron chi connectivity index (χ4n) is 3.00. The Kier molecular flexibility index (Phi) is 6.67. The van der Waals surface area contributed by atoms with Crippen LogP contribution < -0.4 is 15.1 Å². The second-order valence-corrected chi connectivity index (χ2v) is 7.60. The van der Waals surface area contributed by atoms with Crippen LogP contribution in [0.2, 0.25) is 0 Å². The van der Waals surface area contributed by atoms with E-state index in [1.807, 2.05) is 72.1 Å². The molecule has 1 heterocycles. The molecule has 0 aliphatic heterocycles. The maximum atomic E-state index is 5.95. The van der Waals surface area contributed by atoms with Crippen molar-refractivity contribution in [2.24, 2.45) is 5.10 Å². The molecule has 3 rings (SSSR count). The average Bonchev–Trinajstić information content (AvgIpc) is 2.71. The predicted molar refractivity (Wildman–Crippen MR) is 125 cm³/mol. The molecule has 3 aromatic rings. The molecule has 30 heavy (non-hydrogen) atoms. The molecule has 0 aliphatic rings. The van der Waals surface area contributed by atoms with Gasteiger partial charge in [0.15, 0.2) is 5.82 Å². The summed E-state index contributed by atoms with van der Waals surface area (Å²) >= 11 is 0. The highest BCUT2D eigenvalue weighted by atomic mass is 16.5. The van der Waals surface area contributed by atoms with Crippen LogP contribution in [0.1, 0.15) is 32.2 Å². The topological polar surface area (TPSA) is 62.6 Å². The standard InChI is InChI=1S/C24H29N5O/c1-16(2)30-23-10-8-7-9-21(23)22-15-24(26-18(4)25-22)28-27-17(3)19-11-13-20(14-12-19)29(5)6/h7-16H,1-6H3,(H,25,26,28)/b27-17+. The summed E-state index contributed by atoms with van der Waals surface area (Å²) in [6.45, 7) is 7.87. The molecule has 0 fully saturated rings. The quantitative estimate of drug-likeness (QED) is 0.437. The van der Waals surface area contributed by atoms with E-state index in [-0.39, 0.29) is 6.10 Å². The van der Waals surface area contributed by atoms with Crippen molar-refractivity contribution < 1.29 is 4.74 Å². The number of hydrogen-bond acceptors (Lipinski definition) is 6. The number of nitrogens with zero attached hydrogens (tertiary/aromatic N) is 4. The molecule has 156 valence electrons. The van der Waals surface area contributed by atoms with Crippen LogP contribution >= 0.6 is 0 Å². The lowest BCUT2D eigenvalue weighted by Gasteiger charge is -2.14. The van der Waals surface area contributed by atoms with Gasteiger partial charge >= 0.3 is 0 Å². The molecular formula is C24H29N5O. The molecule has 0 spiro atoms. The Balaban J connectivity index is 1.85. The molecule has 1 aromatic heterocycles. The molecular weight excluding hydrogens is 374 g/mol. The molecule has 0 radical (unpaired) electrons. The number of hydrogen-bond donors (Lipinski definition) is 1. The van der Waals surface area contributed by atoms with Gasteiger partial charge in [0.25, 0.3) is 0 Å². The van der Waals surface area contributed by atoms with Crippen molar-refractivity contribution in [1.82, 2.24) is 9.97 Å². The lowest BCUT2D eigenvalue weighted by atomic mass is 10.1. The van der Waals surface area contributed by atoms with Crippen molar-refractivity contribution in [3.05, 3.63) is 66.0 Å². The van der Waals surface area contributed by atoms with Crippen molar-refractivity contribution in [2.45, 2.75) is 33.8 Å². The second kappa shape index (κ2) is 9.39. The van der Waals surface area contributed by atoms with Gasteiger partial charge in [-0.1, -0.05) is 24.3 Å². The van der Waals surface area contributed by atoms with Crippen molar-refractivity contribution in [1.29, 1.82) is 0 Å². The van der Waals surface area contributed by atoms with Crippen molar-refractivity contribution in [2.75, 3.05) is 24.4 Å². The molecule has 0 amide bonds. The summed E-state index contributed by atoms with van der Waals surface area (Å²) < 4.78 is 5.95. The van der Waals surface area contributed by atoms with Crippen LogP contribution in [0.3, 0.4) is 0 Å². The largest absolute Gasteiger partial charge is 0.490 e. The fourth-order valence-corrected chi connectivity index (χ4v) is 3.00. The minimum atomic E-state index is 0.0813. The van der Waals surface area contributed by atoms with Crippen molar-refractivity contribution >= 4 is 17.2 Å². The molecule has 0 atom stereocenters. The fraction of sp³-hybridized carbons (Fsp3) is 0.292. The van der Waals surface area contributed by atoms with Crippen molar-refractivity contribution in [3.63, 3.8) is 0 Å². The number of ether oxygens (including phenoxy) is 1. The van der Waals surface area contributed by atoms with E-state index in [9.17, 15) is 0 Å². The van der Waals surface area contributed by atoms with Crippen LogP contribution in [0, 0.1) is 6.92 Å². The van der Waals surface area contributed by atoms with Crippen LogP contribution in [-0.2, 0) is 0 Å². The first kappa shape index (κ1) is 21.3. The number of anilines is 2. The van der Waals surface area contributed by atoms with Gasteiger partial charge in [-0.05, 0) is 57.5 Å². The normalized spacial score (nSPS) is 11.5. The lowest BCUT2D eigenvalue weighted by Crippen LogP contribution is -2.09. The van der Waals surface area contributed by atoms with Gasteiger partial charge in [-0.25, -0.2) is 9.97 Å². The zero-order valence-corrected chi connectivity index (χ0v) is 18.5. The molecule has 0 saturated carbocycles. The van der Waals surface area contributed by atoms with Crippen LogP contribution in [0.15, 0.2) is 59.7 Å². The summed E-state index contributed by atoms with van der Waals surface area (Å²) in [4.78, 5) is 11.1. The summed E-state index contributed by atoms with van der Waals surface area (Å²) in [7, 11) is 4.05. The first-order valence-corrected chi connectivity index (χ1v) is 10.0. The monoisotopic (exact) mass is 403 g/mol. The van der Waals surface area contributed by atoms with Crippen LogP contribution in [0.4, 0.5) is 11.5 Å². The first-order chi connectivity index (χ1) is 14.3. The summed E-state index contributed by atoms with van der Waals surface area (Å²) in [6.07, 6.45) is 0.0813.